The van der Waals surface area contributed by atoms with Gasteiger partial charge in [-0.3, -0.25) is 4.79 Å². The van der Waals surface area contributed by atoms with Gasteiger partial charge in [-0.2, -0.15) is 0 Å². The van der Waals surface area contributed by atoms with Crippen molar-refractivity contribution in [1.29, 1.82) is 0 Å². The maximum Gasteiger partial charge on any atom is 0.317 e. The number of hydrogen-bond donors (Lipinski definition) is 2. The van der Waals surface area contributed by atoms with Gasteiger partial charge in [0.05, 0.1) is 6.54 Å². The lowest BCUT2D eigenvalue weighted by Gasteiger charge is -2.15. The van der Waals surface area contributed by atoms with Crippen molar-refractivity contribution >= 4 is 39.9 Å². The van der Waals surface area contributed by atoms with Crippen LogP contribution in [-0.4, -0.2) is 17.6 Å². The Bertz CT molecular complexity index is 943. The van der Waals surface area contributed by atoms with Gasteiger partial charge in [-0.1, -0.05) is 59.6 Å². The zero-order valence-electron chi connectivity index (χ0n) is 13.8. The van der Waals surface area contributed by atoms with Crippen LogP contribution >= 0.6 is 23.2 Å². The molecule has 0 atom stereocenters. The van der Waals surface area contributed by atoms with E-state index in [1.807, 2.05) is 42.5 Å². The molecule has 4 nitrogen and oxygen atoms in total. The molecule has 0 saturated carbocycles. The molecular formula is C20H17Cl2NO3. The predicted octanol–water partition coefficient (Wildman–Crippen LogP) is 4.90. The Labute approximate surface area is 161 Å². The molecule has 3 aromatic rings. The summed E-state index contributed by atoms with van der Waals surface area (Å²) in [6, 6.07) is 17.1. The van der Waals surface area contributed by atoms with Crippen LogP contribution in [0.3, 0.4) is 0 Å². The number of halogens is 2. The molecule has 0 bridgehead atoms. The number of carbonyl (C=O) groups is 1. The van der Waals surface area contributed by atoms with E-state index in [-0.39, 0.29) is 6.54 Å². The first kappa shape index (κ1) is 18.5. The predicted molar refractivity (Wildman–Crippen MR) is 104 cm³/mol. The number of ether oxygens (including phenoxy) is 1. The van der Waals surface area contributed by atoms with E-state index < -0.39 is 5.97 Å². The summed E-state index contributed by atoms with van der Waals surface area (Å²) in [4.78, 5) is 10.8. The monoisotopic (exact) mass is 389 g/mol. The molecular weight excluding hydrogens is 373 g/mol. The average Bonchev–Trinajstić information content (AvgIpc) is 2.61. The van der Waals surface area contributed by atoms with Crippen molar-refractivity contribution in [3.63, 3.8) is 0 Å². The number of fused-ring (bicyclic) bond motifs is 1. The Hall–Kier alpha value is -2.27. The maximum absolute atomic E-state index is 10.8. The van der Waals surface area contributed by atoms with Gasteiger partial charge < -0.3 is 15.2 Å². The van der Waals surface area contributed by atoms with Gasteiger partial charge in [0.1, 0.15) is 12.4 Å². The van der Waals surface area contributed by atoms with Crippen LogP contribution in [0.4, 0.5) is 0 Å². The van der Waals surface area contributed by atoms with Crippen LogP contribution in [0, 0.1) is 0 Å². The number of nitrogens with one attached hydrogen (secondary N) is 1. The van der Waals surface area contributed by atoms with Crippen LogP contribution in [-0.2, 0) is 17.9 Å². The van der Waals surface area contributed by atoms with E-state index in [9.17, 15) is 4.79 Å². The topological polar surface area (TPSA) is 58.6 Å². The fourth-order valence-electron chi connectivity index (χ4n) is 2.72. The normalized spacial score (nSPS) is 10.8. The van der Waals surface area contributed by atoms with Gasteiger partial charge in [-0.05, 0) is 29.0 Å². The van der Waals surface area contributed by atoms with E-state index in [1.165, 1.54) is 0 Å². The van der Waals surface area contributed by atoms with Gasteiger partial charge in [-0.25, -0.2) is 0 Å². The molecule has 0 fully saturated rings. The molecule has 0 spiro atoms. The van der Waals surface area contributed by atoms with Crippen molar-refractivity contribution in [2.24, 2.45) is 0 Å². The van der Waals surface area contributed by atoms with Crippen LogP contribution < -0.4 is 10.1 Å². The van der Waals surface area contributed by atoms with E-state index in [0.29, 0.717) is 28.9 Å². The molecule has 0 saturated heterocycles. The van der Waals surface area contributed by atoms with Gasteiger partial charge in [-0.15, -0.1) is 0 Å². The first-order valence-electron chi connectivity index (χ1n) is 8.04. The van der Waals surface area contributed by atoms with Crippen molar-refractivity contribution in [1.82, 2.24) is 5.32 Å². The SMILES string of the molecule is O=C(O)CNCc1c(OCc2ccc(Cl)cc2Cl)ccc2ccccc12. The van der Waals surface area contributed by atoms with Gasteiger partial charge in [0.25, 0.3) is 0 Å². The van der Waals surface area contributed by atoms with E-state index in [2.05, 4.69) is 5.32 Å². The first-order valence-corrected chi connectivity index (χ1v) is 8.80. The van der Waals surface area contributed by atoms with Crippen LogP contribution in [0.1, 0.15) is 11.1 Å². The summed E-state index contributed by atoms with van der Waals surface area (Å²) < 4.78 is 5.99. The highest BCUT2D eigenvalue weighted by atomic mass is 35.5. The molecule has 0 unspecified atom stereocenters. The quantitative estimate of drug-likeness (QED) is 0.603. The Morgan fingerprint density at radius 2 is 1.88 bits per heavy atom. The second-order valence-electron chi connectivity index (χ2n) is 5.79. The molecule has 6 heteroatoms. The summed E-state index contributed by atoms with van der Waals surface area (Å²) >= 11 is 12.1. The molecule has 3 rings (SSSR count). The third-order valence-corrected chi connectivity index (χ3v) is 4.56. The second kappa shape index (κ2) is 8.41. The van der Waals surface area contributed by atoms with E-state index in [0.717, 1.165) is 21.9 Å². The molecule has 0 radical (unpaired) electrons. The molecule has 0 aromatic heterocycles. The second-order valence-corrected chi connectivity index (χ2v) is 6.63. The maximum atomic E-state index is 10.8. The minimum absolute atomic E-state index is 0.119. The largest absolute Gasteiger partial charge is 0.488 e. The Morgan fingerprint density at radius 3 is 2.65 bits per heavy atom. The smallest absolute Gasteiger partial charge is 0.317 e. The third kappa shape index (κ3) is 4.47. The summed E-state index contributed by atoms with van der Waals surface area (Å²) in [6.45, 7) is 0.559. The lowest BCUT2D eigenvalue weighted by molar-refractivity contribution is -0.136. The number of hydrogen-bond acceptors (Lipinski definition) is 3. The average molecular weight is 390 g/mol. The molecule has 0 aliphatic heterocycles. The lowest BCUT2D eigenvalue weighted by Crippen LogP contribution is -2.22. The number of carboxylic acids is 1. The Morgan fingerprint density at radius 1 is 1.08 bits per heavy atom. The number of benzene rings is 3. The molecule has 0 amide bonds. The van der Waals surface area contributed by atoms with E-state index >= 15 is 0 Å². The summed E-state index contributed by atoms with van der Waals surface area (Å²) in [7, 11) is 0. The summed E-state index contributed by atoms with van der Waals surface area (Å²) in [6.07, 6.45) is 0. The van der Waals surface area contributed by atoms with Crippen LogP contribution in [0.15, 0.2) is 54.6 Å². The van der Waals surface area contributed by atoms with Gasteiger partial charge in [0, 0.05) is 27.7 Å². The summed E-state index contributed by atoms with van der Waals surface area (Å²) in [5.41, 5.74) is 1.74. The zero-order chi connectivity index (χ0) is 18.5. The van der Waals surface area contributed by atoms with Crippen molar-refractivity contribution in [2.45, 2.75) is 13.2 Å². The molecule has 3 aromatic carbocycles. The number of rotatable bonds is 7. The minimum Gasteiger partial charge on any atom is -0.488 e. The third-order valence-electron chi connectivity index (χ3n) is 3.97. The van der Waals surface area contributed by atoms with Crippen molar-refractivity contribution < 1.29 is 14.6 Å². The molecule has 26 heavy (non-hydrogen) atoms. The highest BCUT2D eigenvalue weighted by Gasteiger charge is 2.11. The zero-order valence-corrected chi connectivity index (χ0v) is 15.3. The summed E-state index contributed by atoms with van der Waals surface area (Å²) in [5.74, 6) is -0.215. The number of aliphatic carboxylic acids is 1. The standard InChI is InChI=1S/C20H17Cl2NO3/c21-15-7-5-14(18(22)9-15)12-26-19-8-6-13-3-1-2-4-16(13)17(19)10-23-11-20(24)25/h1-9,23H,10-12H2,(H,24,25). The van der Waals surface area contributed by atoms with Crippen molar-refractivity contribution in [3.05, 3.63) is 75.8 Å². The van der Waals surface area contributed by atoms with Gasteiger partial charge in [0.15, 0.2) is 0 Å². The summed E-state index contributed by atoms with van der Waals surface area (Å²) in [5, 5.41) is 15.0. The van der Waals surface area contributed by atoms with Crippen LogP contribution in [0.5, 0.6) is 5.75 Å². The van der Waals surface area contributed by atoms with Gasteiger partial charge >= 0.3 is 5.97 Å². The highest BCUT2D eigenvalue weighted by molar-refractivity contribution is 6.35. The molecule has 0 aliphatic carbocycles. The van der Waals surface area contributed by atoms with Crippen LogP contribution in [0.2, 0.25) is 10.0 Å². The molecule has 2 N–H and O–H groups in total. The van der Waals surface area contributed by atoms with Crippen molar-refractivity contribution in [3.8, 4) is 5.75 Å². The molecule has 134 valence electrons. The molecule has 0 aliphatic rings. The highest BCUT2D eigenvalue weighted by Crippen LogP contribution is 2.30. The fraction of sp³-hybridized carbons (Fsp3) is 0.150. The first-order chi connectivity index (χ1) is 12.5. The van der Waals surface area contributed by atoms with E-state index in [4.69, 9.17) is 33.0 Å². The molecule has 0 heterocycles. The Balaban J connectivity index is 1.87. The van der Waals surface area contributed by atoms with E-state index in [1.54, 1.807) is 12.1 Å². The Kier molecular flexibility index (Phi) is 5.99. The van der Waals surface area contributed by atoms with Crippen LogP contribution in [0.25, 0.3) is 10.8 Å². The lowest BCUT2D eigenvalue weighted by atomic mass is 10.0. The minimum atomic E-state index is -0.902. The van der Waals surface area contributed by atoms with Gasteiger partial charge in [0.2, 0.25) is 0 Å². The fourth-order valence-corrected chi connectivity index (χ4v) is 3.19. The van der Waals surface area contributed by atoms with Crippen molar-refractivity contribution in [2.75, 3.05) is 6.54 Å². The number of carboxylic acid groups (broad SMARTS) is 1.